The van der Waals surface area contributed by atoms with Gasteiger partial charge in [-0.3, -0.25) is 4.79 Å². The van der Waals surface area contributed by atoms with Crippen LogP contribution < -0.4 is 4.74 Å². The number of rotatable bonds is 9. The van der Waals surface area contributed by atoms with Crippen LogP contribution in [0.4, 0.5) is 4.79 Å². The zero-order valence-electron chi connectivity index (χ0n) is 25.5. The lowest BCUT2D eigenvalue weighted by Gasteiger charge is -2.35. The van der Waals surface area contributed by atoms with E-state index in [0.29, 0.717) is 44.8 Å². The van der Waals surface area contributed by atoms with Crippen molar-refractivity contribution >= 4 is 22.1 Å². The molecule has 10 heteroatoms. The fraction of sp³-hybridized carbons (Fsp3) is 0.548. The summed E-state index contributed by atoms with van der Waals surface area (Å²) in [6, 6.07) is 14.2. The molecule has 1 saturated heterocycles. The van der Waals surface area contributed by atoms with Crippen molar-refractivity contribution in [2.24, 2.45) is 0 Å². The van der Waals surface area contributed by atoms with Crippen LogP contribution in [-0.2, 0) is 24.3 Å². The Labute approximate surface area is 244 Å². The van der Waals surface area contributed by atoms with Gasteiger partial charge in [0.2, 0.25) is 10.0 Å². The quantitative estimate of drug-likeness (QED) is 0.363. The van der Waals surface area contributed by atoms with E-state index in [-0.39, 0.29) is 12.0 Å². The first-order valence-electron chi connectivity index (χ1n) is 13.9. The second kappa shape index (κ2) is 12.8. The molecule has 2 aromatic rings. The van der Waals surface area contributed by atoms with E-state index >= 15 is 0 Å². The summed E-state index contributed by atoms with van der Waals surface area (Å²) in [4.78, 5) is 25.8. The predicted molar refractivity (Wildman–Crippen MR) is 160 cm³/mol. The molecule has 0 aliphatic carbocycles. The van der Waals surface area contributed by atoms with E-state index in [4.69, 9.17) is 14.2 Å². The number of amides is 1. The first-order valence-corrected chi connectivity index (χ1v) is 15.4. The third-order valence-corrected chi connectivity index (χ3v) is 9.88. The molecule has 1 aliphatic heterocycles. The highest BCUT2D eigenvalue weighted by atomic mass is 32.2. The zero-order chi connectivity index (χ0) is 30.6. The molecule has 226 valence electrons. The van der Waals surface area contributed by atoms with Crippen LogP contribution in [0, 0.1) is 6.92 Å². The first-order chi connectivity index (χ1) is 19.1. The van der Waals surface area contributed by atoms with Gasteiger partial charge in [-0.2, -0.15) is 0 Å². The Morgan fingerprint density at radius 2 is 1.68 bits per heavy atom. The number of likely N-dealkylation sites (N-methyl/N-ethyl adjacent to an activating group) is 1. The third-order valence-electron chi connectivity index (χ3n) is 7.38. The molecule has 1 fully saturated rings. The average Bonchev–Trinajstić information content (AvgIpc) is 2.91. The normalized spacial score (nSPS) is 15.3. The molecule has 2 aromatic carbocycles. The van der Waals surface area contributed by atoms with E-state index < -0.39 is 26.3 Å². The van der Waals surface area contributed by atoms with Gasteiger partial charge < -0.3 is 19.1 Å². The Kier molecular flexibility index (Phi) is 10.1. The zero-order valence-corrected chi connectivity index (χ0v) is 26.3. The number of benzene rings is 2. The molecule has 1 aliphatic rings. The smallest absolute Gasteiger partial charge is 0.410 e. The minimum Gasteiger partial charge on any atom is -0.492 e. The van der Waals surface area contributed by atoms with E-state index in [1.807, 2.05) is 45.0 Å². The van der Waals surface area contributed by atoms with Crippen LogP contribution in [0.25, 0.3) is 11.1 Å². The van der Waals surface area contributed by atoms with Gasteiger partial charge in [-0.1, -0.05) is 30.3 Å². The van der Waals surface area contributed by atoms with E-state index in [2.05, 4.69) is 25.1 Å². The Morgan fingerprint density at radius 3 is 2.27 bits per heavy atom. The number of carbonyl (C=O) groups is 2. The topological polar surface area (TPSA) is 102 Å². The van der Waals surface area contributed by atoms with Crippen molar-refractivity contribution in [2.75, 3.05) is 40.4 Å². The van der Waals surface area contributed by atoms with E-state index in [1.54, 1.807) is 7.05 Å². The highest BCUT2D eigenvalue weighted by molar-refractivity contribution is 7.91. The Hall–Kier alpha value is -3.11. The lowest BCUT2D eigenvalue weighted by Crippen LogP contribution is -2.52. The largest absolute Gasteiger partial charge is 0.492 e. The van der Waals surface area contributed by atoms with Crippen LogP contribution in [0.3, 0.4) is 0 Å². The average molecular weight is 589 g/mol. The monoisotopic (exact) mass is 588 g/mol. The second-order valence-electron chi connectivity index (χ2n) is 12.0. The number of sulfonamides is 1. The third kappa shape index (κ3) is 7.80. The van der Waals surface area contributed by atoms with Crippen molar-refractivity contribution in [3.8, 4) is 16.9 Å². The molecule has 0 radical (unpaired) electrons. The van der Waals surface area contributed by atoms with Gasteiger partial charge in [0.05, 0.1) is 13.7 Å². The van der Waals surface area contributed by atoms with Gasteiger partial charge >= 0.3 is 12.1 Å². The van der Waals surface area contributed by atoms with Gasteiger partial charge in [-0.05, 0) is 94.7 Å². The molecule has 0 atom stereocenters. The molecule has 3 rings (SSSR count). The number of nitrogens with zero attached hydrogens (tertiary/aromatic N) is 2. The molecular weight excluding hydrogens is 544 g/mol. The molecular formula is C31H44N2O7S. The minimum absolute atomic E-state index is 0.229. The predicted octanol–water partition coefficient (Wildman–Crippen LogP) is 5.37. The van der Waals surface area contributed by atoms with Gasteiger partial charge in [0, 0.05) is 20.1 Å². The van der Waals surface area contributed by atoms with Crippen LogP contribution >= 0.6 is 0 Å². The molecule has 0 bridgehead atoms. The molecule has 1 amide bonds. The molecule has 0 unspecified atom stereocenters. The maximum atomic E-state index is 13.1. The van der Waals surface area contributed by atoms with Gasteiger partial charge in [-0.15, -0.1) is 0 Å². The molecule has 41 heavy (non-hydrogen) atoms. The number of aryl methyl sites for hydroxylation is 1. The first kappa shape index (κ1) is 32.4. The summed E-state index contributed by atoms with van der Waals surface area (Å²) >= 11 is 0. The number of hydrogen-bond donors (Lipinski definition) is 0. The van der Waals surface area contributed by atoms with Crippen molar-refractivity contribution in [1.29, 1.82) is 0 Å². The minimum atomic E-state index is -3.84. The molecule has 0 saturated carbocycles. The summed E-state index contributed by atoms with van der Waals surface area (Å²) in [5.74, 6) is 0.188. The van der Waals surface area contributed by atoms with Crippen LogP contribution in [0.5, 0.6) is 5.75 Å². The Bertz CT molecular complexity index is 1340. The molecule has 0 aromatic heterocycles. The summed E-state index contributed by atoms with van der Waals surface area (Å²) in [5.41, 5.74) is 3.86. The van der Waals surface area contributed by atoms with Gasteiger partial charge in [-0.25, -0.2) is 17.5 Å². The van der Waals surface area contributed by atoms with Crippen molar-refractivity contribution in [3.05, 3.63) is 53.6 Å². The lowest BCUT2D eigenvalue weighted by atomic mass is 9.87. The van der Waals surface area contributed by atoms with E-state index in [9.17, 15) is 18.0 Å². The summed E-state index contributed by atoms with van der Waals surface area (Å²) in [6.07, 6.45) is 0.968. The number of piperidine rings is 1. The number of ether oxygens (including phenoxy) is 3. The lowest BCUT2D eigenvalue weighted by molar-refractivity contribution is -0.142. The molecule has 0 N–H and O–H groups in total. The fourth-order valence-electron chi connectivity index (χ4n) is 4.85. The van der Waals surface area contributed by atoms with E-state index in [1.165, 1.54) is 35.7 Å². The SMILES string of the molecule is COC(=O)C(C)(C)S(=O)(=O)N1CCC(c2ccc(-c3cccc(OCCN(C)C(=O)OC(C)(C)C)c3)c(C)c2)CC1. The van der Waals surface area contributed by atoms with Gasteiger partial charge in [0.15, 0.2) is 4.75 Å². The number of hydrogen-bond acceptors (Lipinski definition) is 7. The fourth-order valence-corrected chi connectivity index (χ4v) is 6.48. The van der Waals surface area contributed by atoms with Crippen molar-refractivity contribution < 1.29 is 32.2 Å². The maximum Gasteiger partial charge on any atom is 0.410 e. The maximum absolute atomic E-state index is 13.1. The summed E-state index contributed by atoms with van der Waals surface area (Å²) in [6.45, 7) is 11.8. The van der Waals surface area contributed by atoms with Crippen molar-refractivity contribution in [3.63, 3.8) is 0 Å². The standard InChI is InChI=1S/C31H44N2O7S/c1-22-20-24(23-14-16-33(17-15-23)41(36,37)31(5,6)28(34)38-8)12-13-27(22)25-10-9-11-26(21-25)39-19-18-32(7)29(35)40-30(2,3)4/h9-13,20-21,23H,14-19H2,1-8H3. The van der Waals surface area contributed by atoms with Crippen LogP contribution in [0.2, 0.25) is 0 Å². The van der Waals surface area contributed by atoms with Crippen LogP contribution in [-0.4, -0.2) is 80.4 Å². The van der Waals surface area contributed by atoms with Crippen LogP contribution in [0.1, 0.15) is 64.5 Å². The Balaban J connectivity index is 1.62. The number of esters is 1. The van der Waals surface area contributed by atoms with Gasteiger partial charge in [0.1, 0.15) is 18.0 Å². The number of carbonyl (C=O) groups excluding carboxylic acids is 2. The van der Waals surface area contributed by atoms with Crippen molar-refractivity contribution in [1.82, 2.24) is 9.21 Å². The van der Waals surface area contributed by atoms with Crippen LogP contribution in [0.15, 0.2) is 42.5 Å². The number of methoxy groups -OCH3 is 1. The molecule has 9 nitrogen and oxygen atoms in total. The molecule has 0 spiro atoms. The second-order valence-corrected chi connectivity index (χ2v) is 14.5. The molecule has 1 heterocycles. The summed E-state index contributed by atoms with van der Waals surface area (Å²) in [5, 5.41) is 0. The van der Waals surface area contributed by atoms with Gasteiger partial charge in [0.25, 0.3) is 0 Å². The summed E-state index contributed by atoms with van der Waals surface area (Å²) < 4.78 is 42.0. The van der Waals surface area contributed by atoms with E-state index in [0.717, 1.165) is 16.7 Å². The Morgan fingerprint density at radius 1 is 1.02 bits per heavy atom. The highest BCUT2D eigenvalue weighted by Gasteiger charge is 2.47. The van der Waals surface area contributed by atoms with Crippen molar-refractivity contribution in [2.45, 2.75) is 70.7 Å². The summed E-state index contributed by atoms with van der Waals surface area (Å²) in [7, 11) is -0.947. The highest BCUT2D eigenvalue weighted by Crippen LogP contribution is 2.35.